The Morgan fingerprint density at radius 3 is 1.88 bits per heavy atom. The number of ketones is 1. The Bertz CT molecular complexity index is 851. The zero-order chi connectivity index (χ0) is 25.3. The molecule has 4 heteroatoms. The van der Waals surface area contributed by atoms with E-state index in [4.69, 9.17) is 5.21 Å². The first-order chi connectivity index (χ1) is 15.2. The van der Waals surface area contributed by atoms with Crippen LogP contribution in [0.5, 0.6) is 0 Å². The van der Waals surface area contributed by atoms with Gasteiger partial charge in [0.2, 0.25) is 0 Å². The van der Waals surface area contributed by atoms with Crippen molar-refractivity contribution in [1.82, 2.24) is 5.48 Å². The summed E-state index contributed by atoms with van der Waals surface area (Å²) in [4.78, 5) is 20.7. The Morgan fingerprint density at radius 2 is 1.50 bits per heavy atom. The number of Topliss-reactive ketones (excluding diaryl/α,β-unsaturated/α-hetero) is 1. The second-order valence-corrected chi connectivity index (χ2v) is 6.80. The van der Waals surface area contributed by atoms with Crippen LogP contribution < -0.4 is 5.48 Å². The van der Waals surface area contributed by atoms with E-state index in [1.54, 1.807) is 0 Å². The lowest BCUT2D eigenvalue weighted by atomic mass is 9.97. The van der Waals surface area contributed by atoms with Crippen molar-refractivity contribution in [3.05, 3.63) is 78.4 Å². The van der Waals surface area contributed by atoms with E-state index in [9.17, 15) is 9.59 Å². The van der Waals surface area contributed by atoms with E-state index >= 15 is 0 Å². The third-order valence-corrected chi connectivity index (χ3v) is 4.54. The van der Waals surface area contributed by atoms with Gasteiger partial charge in [0.1, 0.15) is 5.78 Å². The van der Waals surface area contributed by atoms with Crippen LogP contribution in [0.25, 0.3) is 16.7 Å². The fourth-order valence-corrected chi connectivity index (χ4v) is 2.46. The van der Waals surface area contributed by atoms with Gasteiger partial charge in [-0.15, -0.1) is 6.58 Å². The number of rotatable bonds is 6. The lowest BCUT2D eigenvalue weighted by Gasteiger charge is -2.08. The smallest absolute Gasteiger partial charge is 0.253 e. The molecule has 0 saturated heterocycles. The lowest BCUT2D eigenvalue weighted by Crippen LogP contribution is -2.29. The van der Waals surface area contributed by atoms with E-state index in [0.717, 1.165) is 12.0 Å². The second-order valence-electron chi connectivity index (χ2n) is 6.80. The van der Waals surface area contributed by atoms with Gasteiger partial charge in [-0.2, -0.15) is 0 Å². The van der Waals surface area contributed by atoms with E-state index < -0.39 is 11.8 Å². The van der Waals surface area contributed by atoms with Crippen molar-refractivity contribution >= 4 is 17.3 Å². The molecule has 1 amide bonds. The largest absolute Gasteiger partial charge is 0.299 e. The summed E-state index contributed by atoms with van der Waals surface area (Å²) in [6.07, 6.45) is 2.87. The van der Waals surface area contributed by atoms with E-state index in [1.807, 2.05) is 40.7 Å². The Balaban J connectivity index is 0. The molecule has 0 saturated carbocycles. The number of allylic oxidation sites excluding steroid dienone is 2. The number of hydrogen-bond acceptors (Lipinski definition) is 3. The van der Waals surface area contributed by atoms with Crippen LogP contribution in [0.3, 0.4) is 0 Å². The highest BCUT2D eigenvalue weighted by Gasteiger charge is 2.15. The van der Waals surface area contributed by atoms with Gasteiger partial charge in [0.05, 0.1) is 5.92 Å². The van der Waals surface area contributed by atoms with Crippen molar-refractivity contribution in [2.45, 2.75) is 61.8 Å². The molecule has 2 aromatic rings. The van der Waals surface area contributed by atoms with Gasteiger partial charge in [-0.3, -0.25) is 14.8 Å². The minimum Gasteiger partial charge on any atom is -0.299 e. The Labute approximate surface area is 195 Å². The first-order valence-electron chi connectivity index (χ1n) is 11.1. The molecule has 2 aromatic carbocycles. The van der Waals surface area contributed by atoms with Gasteiger partial charge in [-0.1, -0.05) is 88.4 Å². The summed E-state index contributed by atoms with van der Waals surface area (Å²) in [6.45, 7) is 22.7. The number of aryl methyl sites for hydroxylation is 1. The van der Waals surface area contributed by atoms with Crippen LogP contribution in [-0.4, -0.2) is 16.9 Å². The number of hydroxylamine groups is 1. The quantitative estimate of drug-likeness (QED) is 0.217. The van der Waals surface area contributed by atoms with Gasteiger partial charge in [-0.25, -0.2) is 5.48 Å². The molecule has 0 bridgehead atoms. The summed E-state index contributed by atoms with van der Waals surface area (Å²) in [5, 5.41) is 8.00. The Hall–Kier alpha value is -2.98. The standard InChI is InChI=1S/C19H20.C5H9NO3.2C2H6/c1-5-6-18-13-19(8-7-15(18)4)17-11-9-16(10-12-17)14(2)3;1-3(4(2)7)5(8)6-9;2*1-2/h5,7-13H,1-2,6H2,3-4H3;3,9H,1-2H3,(H,6,8);2*1-2H3. The molecule has 2 N–H and O–H groups in total. The summed E-state index contributed by atoms with van der Waals surface area (Å²) in [6, 6.07) is 15.2. The molecule has 0 aliphatic heterocycles. The van der Waals surface area contributed by atoms with Gasteiger partial charge in [0.15, 0.2) is 0 Å². The molecule has 2 rings (SSSR count). The number of carbonyl (C=O) groups excluding carboxylic acids is 2. The number of benzene rings is 2. The van der Waals surface area contributed by atoms with Gasteiger partial charge in [0, 0.05) is 0 Å². The Kier molecular flexibility index (Phi) is 17.2. The summed E-state index contributed by atoms with van der Waals surface area (Å²) < 4.78 is 0. The van der Waals surface area contributed by atoms with Crippen molar-refractivity contribution < 1.29 is 14.8 Å². The fraction of sp³-hybridized carbons (Fsp3) is 0.357. The van der Waals surface area contributed by atoms with E-state index in [0.29, 0.717) is 0 Å². The minimum atomic E-state index is -0.755. The van der Waals surface area contributed by atoms with E-state index in [1.165, 1.54) is 47.1 Å². The molecular weight excluding hydrogens is 398 g/mol. The highest BCUT2D eigenvalue weighted by Crippen LogP contribution is 2.24. The maximum absolute atomic E-state index is 10.4. The molecule has 0 spiro atoms. The third-order valence-electron chi connectivity index (χ3n) is 4.54. The van der Waals surface area contributed by atoms with Crippen molar-refractivity contribution in [1.29, 1.82) is 0 Å². The third kappa shape index (κ3) is 10.9. The van der Waals surface area contributed by atoms with Crippen LogP contribution in [-0.2, 0) is 16.0 Å². The first kappa shape index (κ1) is 31.2. The van der Waals surface area contributed by atoms with Crippen LogP contribution in [0.2, 0.25) is 0 Å². The maximum Gasteiger partial charge on any atom is 0.253 e. The van der Waals surface area contributed by atoms with Crippen LogP contribution in [0.1, 0.15) is 65.2 Å². The zero-order valence-electron chi connectivity index (χ0n) is 21.1. The summed E-state index contributed by atoms with van der Waals surface area (Å²) in [5.74, 6) is -1.68. The topological polar surface area (TPSA) is 66.4 Å². The first-order valence-corrected chi connectivity index (χ1v) is 11.1. The molecule has 0 heterocycles. The number of amides is 1. The average molecular weight is 440 g/mol. The second kappa shape index (κ2) is 17.7. The summed E-state index contributed by atoms with van der Waals surface area (Å²) >= 11 is 0. The lowest BCUT2D eigenvalue weighted by molar-refractivity contribution is -0.138. The van der Waals surface area contributed by atoms with Crippen molar-refractivity contribution in [3.8, 4) is 11.1 Å². The van der Waals surface area contributed by atoms with Crippen LogP contribution in [0.15, 0.2) is 61.7 Å². The van der Waals surface area contributed by atoms with E-state index in [-0.39, 0.29) is 5.78 Å². The van der Waals surface area contributed by atoms with Crippen molar-refractivity contribution in [2.75, 3.05) is 0 Å². The average Bonchev–Trinajstić information content (AvgIpc) is 2.82. The molecule has 4 nitrogen and oxygen atoms in total. The molecule has 0 aliphatic carbocycles. The van der Waals surface area contributed by atoms with Crippen molar-refractivity contribution in [2.24, 2.45) is 5.92 Å². The monoisotopic (exact) mass is 439 g/mol. The molecule has 176 valence electrons. The minimum absolute atomic E-state index is 0.262. The molecular formula is C28H41NO3. The highest BCUT2D eigenvalue weighted by molar-refractivity contribution is 5.99. The van der Waals surface area contributed by atoms with Gasteiger partial charge in [0.25, 0.3) is 5.91 Å². The van der Waals surface area contributed by atoms with Crippen LogP contribution in [0.4, 0.5) is 0 Å². The van der Waals surface area contributed by atoms with Gasteiger partial charge >= 0.3 is 0 Å². The fourth-order valence-electron chi connectivity index (χ4n) is 2.46. The molecule has 0 fully saturated rings. The maximum atomic E-state index is 10.4. The number of carbonyl (C=O) groups is 2. The highest BCUT2D eigenvalue weighted by atomic mass is 16.5. The molecule has 0 aliphatic rings. The van der Waals surface area contributed by atoms with Gasteiger partial charge < -0.3 is 0 Å². The predicted octanol–water partition coefficient (Wildman–Crippen LogP) is 7.19. The Morgan fingerprint density at radius 1 is 1.00 bits per heavy atom. The predicted molar refractivity (Wildman–Crippen MR) is 138 cm³/mol. The number of nitrogens with one attached hydrogen (secondary N) is 1. The van der Waals surface area contributed by atoms with Gasteiger partial charge in [-0.05, 0) is 61.9 Å². The summed E-state index contributed by atoms with van der Waals surface area (Å²) in [7, 11) is 0. The molecule has 1 unspecified atom stereocenters. The molecule has 1 atom stereocenters. The normalized spacial score (nSPS) is 9.91. The molecule has 32 heavy (non-hydrogen) atoms. The van der Waals surface area contributed by atoms with Crippen LogP contribution in [0, 0.1) is 12.8 Å². The summed E-state index contributed by atoms with van der Waals surface area (Å²) in [5.41, 5.74) is 8.85. The molecule has 0 aromatic heterocycles. The zero-order valence-corrected chi connectivity index (χ0v) is 21.1. The molecule has 0 radical (unpaired) electrons. The SMILES string of the molecule is C=CCc1cc(-c2ccc(C(=C)C)cc2)ccc1C.CC.CC.CC(=O)C(C)C(=O)NO. The van der Waals surface area contributed by atoms with E-state index in [2.05, 4.69) is 62.5 Å². The van der Waals surface area contributed by atoms with Crippen LogP contribution >= 0.6 is 0 Å². The number of hydrogen-bond donors (Lipinski definition) is 2. The van der Waals surface area contributed by atoms with Crippen molar-refractivity contribution in [3.63, 3.8) is 0 Å².